The summed E-state index contributed by atoms with van der Waals surface area (Å²) in [5, 5.41) is 13.8. The van der Waals surface area contributed by atoms with E-state index in [0.29, 0.717) is 32.5 Å². The molecule has 6 nitrogen and oxygen atoms in total. The Morgan fingerprint density at radius 2 is 2.09 bits per heavy atom. The average Bonchev–Trinajstić information content (AvgIpc) is 3.08. The van der Waals surface area contributed by atoms with Crippen LogP contribution in [0.1, 0.15) is 17.1 Å². The molecule has 128 valence electrons. The maximum absolute atomic E-state index is 12.4. The number of β-amino-alcohol motifs (C(OH)–C–C–N with tert-alkyl or cyclic N) is 1. The number of nitrogens with zero attached hydrogens (tertiary/aromatic N) is 4. The molecule has 1 atom stereocenters. The molecular weight excluding hydrogens is 312 g/mol. The lowest BCUT2D eigenvalue weighted by Gasteiger charge is -2.36. The Kier molecular flexibility index (Phi) is 5.01. The molecule has 7 heteroatoms. The van der Waals surface area contributed by atoms with E-state index in [1.54, 1.807) is 16.2 Å². The van der Waals surface area contributed by atoms with Crippen molar-refractivity contribution in [3.05, 3.63) is 16.1 Å². The smallest absolute Gasteiger partial charge is 0.228 e. The zero-order chi connectivity index (χ0) is 16.4. The molecule has 2 aliphatic rings. The summed E-state index contributed by atoms with van der Waals surface area (Å²) in [5.41, 5.74) is 0.0795. The summed E-state index contributed by atoms with van der Waals surface area (Å²) < 4.78 is 0. The maximum Gasteiger partial charge on any atom is 0.228 e. The minimum absolute atomic E-state index is 0.0737. The zero-order valence-electron chi connectivity index (χ0n) is 14.0. The number of likely N-dealkylation sites (N-methyl/N-ethyl adjacent to an activating group) is 1. The van der Waals surface area contributed by atoms with Crippen LogP contribution in [0.4, 0.5) is 0 Å². The number of rotatable bonds is 4. The molecule has 2 saturated heterocycles. The quantitative estimate of drug-likeness (QED) is 0.850. The van der Waals surface area contributed by atoms with Crippen molar-refractivity contribution in [2.45, 2.75) is 25.4 Å². The molecule has 1 aromatic rings. The number of carbonyl (C=O) groups is 1. The monoisotopic (exact) mass is 338 g/mol. The van der Waals surface area contributed by atoms with Gasteiger partial charge in [-0.2, -0.15) is 0 Å². The lowest BCUT2D eigenvalue weighted by molar-refractivity contribution is -0.130. The first-order valence-electron chi connectivity index (χ1n) is 8.26. The summed E-state index contributed by atoms with van der Waals surface area (Å²) in [6.07, 6.45) is 1.01. The number of carbonyl (C=O) groups excluding carboxylic acids is 1. The third kappa shape index (κ3) is 4.29. The Morgan fingerprint density at radius 3 is 2.74 bits per heavy atom. The van der Waals surface area contributed by atoms with Crippen LogP contribution in [-0.4, -0.2) is 89.2 Å². The summed E-state index contributed by atoms with van der Waals surface area (Å²) in [7, 11) is 2.13. The highest BCUT2D eigenvalue weighted by Gasteiger charge is 2.39. The van der Waals surface area contributed by atoms with Gasteiger partial charge in [0.05, 0.1) is 29.3 Å². The summed E-state index contributed by atoms with van der Waals surface area (Å²) >= 11 is 1.57. The molecule has 0 bridgehead atoms. The van der Waals surface area contributed by atoms with Gasteiger partial charge in [-0.05, 0) is 20.4 Å². The molecule has 2 fully saturated rings. The number of hydrogen-bond acceptors (Lipinski definition) is 6. The summed E-state index contributed by atoms with van der Waals surface area (Å²) in [5.74, 6) is 0.0737. The van der Waals surface area contributed by atoms with E-state index >= 15 is 0 Å². The Bertz CT molecular complexity index is 556. The van der Waals surface area contributed by atoms with Crippen molar-refractivity contribution >= 4 is 17.2 Å². The molecule has 0 aromatic carbocycles. The molecule has 1 aromatic heterocycles. The van der Waals surface area contributed by atoms with Crippen LogP contribution in [0.15, 0.2) is 5.38 Å². The minimum atomic E-state index is -0.760. The normalized spacial score (nSPS) is 26.8. The van der Waals surface area contributed by atoms with E-state index in [9.17, 15) is 9.90 Å². The van der Waals surface area contributed by atoms with Crippen LogP contribution in [0.2, 0.25) is 0 Å². The molecule has 1 amide bonds. The maximum atomic E-state index is 12.4. The van der Waals surface area contributed by atoms with E-state index in [1.807, 2.05) is 12.3 Å². The molecule has 0 spiro atoms. The van der Waals surface area contributed by atoms with Crippen LogP contribution < -0.4 is 0 Å². The van der Waals surface area contributed by atoms with Crippen molar-refractivity contribution in [3.8, 4) is 0 Å². The van der Waals surface area contributed by atoms with Gasteiger partial charge in [-0.1, -0.05) is 0 Å². The molecule has 0 saturated carbocycles. The highest BCUT2D eigenvalue weighted by atomic mass is 32.1. The molecule has 2 aliphatic heterocycles. The third-order valence-corrected chi connectivity index (χ3v) is 5.62. The van der Waals surface area contributed by atoms with Gasteiger partial charge in [0.25, 0.3) is 0 Å². The first-order valence-corrected chi connectivity index (χ1v) is 9.14. The second-order valence-electron chi connectivity index (χ2n) is 6.90. The summed E-state index contributed by atoms with van der Waals surface area (Å²) in [6, 6.07) is 0. The standard InChI is InChI=1S/C16H26N4O2S/c1-13-17-14(10-23-13)9-15(21)20-4-3-16(22,12-20)11-19-7-5-18(2)6-8-19/h10,22H,3-9,11-12H2,1-2H3/t16-/m1/s1. The Balaban J connectivity index is 1.51. The third-order valence-electron chi connectivity index (χ3n) is 4.80. The minimum Gasteiger partial charge on any atom is -0.387 e. The molecule has 0 aliphatic carbocycles. The summed E-state index contributed by atoms with van der Waals surface area (Å²) in [4.78, 5) is 23.2. The second kappa shape index (κ2) is 6.84. The first kappa shape index (κ1) is 16.8. The van der Waals surface area contributed by atoms with Crippen LogP contribution in [0.25, 0.3) is 0 Å². The van der Waals surface area contributed by atoms with Gasteiger partial charge in [-0.15, -0.1) is 11.3 Å². The summed E-state index contributed by atoms with van der Waals surface area (Å²) in [6.45, 7) is 7.77. The van der Waals surface area contributed by atoms with Crippen molar-refractivity contribution in [1.29, 1.82) is 0 Å². The fourth-order valence-electron chi connectivity index (χ4n) is 3.38. The van der Waals surface area contributed by atoms with Crippen LogP contribution in [-0.2, 0) is 11.2 Å². The molecule has 0 unspecified atom stereocenters. The van der Waals surface area contributed by atoms with E-state index in [4.69, 9.17) is 0 Å². The van der Waals surface area contributed by atoms with E-state index in [-0.39, 0.29) is 5.91 Å². The van der Waals surface area contributed by atoms with Gasteiger partial charge in [0.1, 0.15) is 0 Å². The van der Waals surface area contributed by atoms with Crippen molar-refractivity contribution in [3.63, 3.8) is 0 Å². The lowest BCUT2D eigenvalue weighted by atomic mass is 10.0. The Hall–Kier alpha value is -1.02. The van der Waals surface area contributed by atoms with Crippen molar-refractivity contribution < 1.29 is 9.90 Å². The van der Waals surface area contributed by atoms with Gasteiger partial charge in [-0.3, -0.25) is 9.69 Å². The van der Waals surface area contributed by atoms with E-state index in [2.05, 4.69) is 21.8 Å². The first-order chi connectivity index (χ1) is 10.9. The molecule has 3 heterocycles. The highest BCUT2D eigenvalue weighted by Crippen LogP contribution is 2.24. The highest BCUT2D eigenvalue weighted by molar-refractivity contribution is 7.09. The topological polar surface area (TPSA) is 59.9 Å². The molecule has 3 rings (SSSR count). The van der Waals surface area contributed by atoms with E-state index < -0.39 is 5.60 Å². The van der Waals surface area contributed by atoms with Gasteiger partial charge in [0.2, 0.25) is 5.91 Å². The number of piperazine rings is 1. The molecular formula is C16H26N4O2S. The van der Waals surface area contributed by atoms with Gasteiger partial charge in [0, 0.05) is 44.6 Å². The van der Waals surface area contributed by atoms with Gasteiger partial charge in [-0.25, -0.2) is 4.98 Å². The Labute approximate surface area is 141 Å². The number of thiazole rings is 1. The number of likely N-dealkylation sites (tertiary alicyclic amines) is 1. The zero-order valence-corrected chi connectivity index (χ0v) is 14.8. The van der Waals surface area contributed by atoms with Crippen LogP contribution in [0.3, 0.4) is 0 Å². The molecule has 1 N–H and O–H groups in total. The Morgan fingerprint density at radius 1 is 1.35 bits per heavy atom. The van der Waals surface area contributed by atoms with Crippen LogP contribution in [0.5, 0.6) is 0 Å². The van der Waals surface area contributed by atoms with Crippen LogP contribution >= 0.6 is 11.3 Å². The van der Waals surface area contributed by atoms with Crippen LogP contribution in [0, 0.1) is 6.92 Å². The predicted octanol–water partition coefficient (Wildman–Crippen LogP) is 0.205. The fraction of sp³-hybridized carbons (Fsp3) is 0.750. The van der Waals surface area contributed by atoms with E-state index in [1.165, 1.54) is 0 Å². The number of hydrogen-bond donors (Lipinski definition) is 1. The largest absolute Gasteiger partial charge is 0.387 e. The number of amides is 1. The van der Waals surface area contributed by atoms with Crippen molar-refractivity contribution in [2.75, 3.05) is 52.9 Å². The number of aromatic nitrogens is 1. The lowest BCUT2D eigenvalue weighted by Crippen LogP contribution is -2.52. The number of aliphatic hydroxyl groups is 1. The molecule has 0 radical (unpaired) electrons. The van der Waals surface area contributed by atoms with Gasteiger partial charge < -0.3 is 14.9 Å². The molecule has 23 heavy (non-hydrogen) atoms. The number of aryl methyl sites for hydroxylation is 1. The van der Waals surface area contributed by atoms with Crippen molar-refractivity contribution in [1.82, 2.24) is 19.7 Å². The second-order valence-corrected chi connectivity index (χ2v) is 7.97. The average molecular weight is 338 g/mol. The SMILES string of the molecule is Cc1nc(CC(=O)N2CC[C@@](O)(CN3CCN(C)CC3)C2)cs1. The predicted molar refractivity (Wildman–Crippen MR) is 90.6 cm³/mol. The fourth-order valence-corrected chi connectivity index (χ4v) is 3.99. The van der Waals surface area contributed by atoms with E-state index in [0.717, 1.165) is 36.9 Å². The van der Waals surface area contributed by atoms with Crippen molar-refractivity contribution in [2.24, 2.45) is 0 Å². The van der Waals surface area contributed by atoms with Gasteiger partial charge >= 0.3 is 0 Å². The van der Waals surface area contributed by atoms with Gasteiger partial charge in [0.15, 0.2) is 0 Å².